The second-order valence-electron chi connectivity index (χ2n) is 8.55. The van der Waals surface area contributed by atoms with Gasteiger partial charge in [-0.2, -0.15) is 0 Å². The summed E-state index contributed by atoms with van der Waals surface area (Å²) in [6, 6.07) is 16.9. The van der Waals surface area contributed by atoms with Crippen LogP contribution in [-0.2, 0) is 0 Å². The van der Waals surface area contributed by atoms with Crippen molar-refractivity contribution in [2.45, 2.75) is 19.9 Å². The number of hydrogen-bond acceptors (Lipinski definition) is 4. The number of carbonyl (C=O) groups excluding carboxylic acids is 1. The lowest BCUT2D eigenvalue weighted by Crippen LogP contribution is -2.20. The van der Waals surface area contributed by atoms with E-state index in [0.717, 1.165) is 22.5 Å². The molecule has 35 heavy (non-hydrogen) atoms. The number of benzene rings is 2. The first-order valence-electron chi connectivity index (χ1n) is 11.2. The number of hydrogen-bond donors (Lipinski definition) is 3. The molecule has 3 N–H and O–H groups in total. The monoisotopic (exact) mass is 473 g/mol. The van der Waals surface area contributed by atoms with Crippen molar-refractivity contribution in [3.05, 3.63) is 90.1 Å². The molecule has 0 fully saturated rings. The number of H-pyrrole nitrogens is 1. The van der Waals surface area contributed by atoms with Gasteiger partial charge in [0.15, 0.2) is 0 Å². The summed E-state index contributed by atoms with van der Waals surface area (Å²) in [6.07, 6.45) is 3.65. The second kappa shape index (κ2) is 10.4. The molecule has 4 aromatic rings. The Labute approximate surface area is 204 Å². The van der Waals surface area contributed by atoms with Crippen molar-refractivity contribution < 1.29 is 13.9 Å². The molecule has 0 aliphatic heterocycles. The minimum atomic E-state index is -0.531. The van der Waals surface area contributed by atoms with Crippen molar-refractivity contribution >= 4 is 17.4 Å². The highest BCUT2D eigenvalue weighted by Gasteiger charge is 2.12. The minimum absolute atomic E-state index is 0.127. The normalized spacial score (nSPS) is 11.8. The lowest BCUT2D eigenvalue weighted by Gasteiger charge is -2.17. The molecule has 2 aromatic carbocycles. The van der Waals surface area contributed by atoms with Gasteiger partial charge in [-0.15, -0.1) is 0 Å². The number of urea groups is 1. The number of rotatable bonds is 7. The van der Waals surface area contributed by atoms with Gasteiger partial charge in [-0.1, -0.05) is 6.07 Å². The molecular weight excluding hydrogens is 445 g/mol. The maximum atomic E-state index is 13.9. The highest BCUT2D eigenvalue weighted by molar-refractivity contribution is 5.99. The van der Waals surface area contributed by atoms with Crippen LogP contribution in [0, 0.1) is 12.7 Å². The maximum absolute atomic E-state index is 13.9. The molecule has 1 atom stereocenters. The van der Waals surface area contributed by atoms with Gasteiger partial charge < -0.3 is 25.3 Å². The second-order valence-corrected chi connectivity index (χ2v) is 8.55. The van der Waals surface area contributed by atoms with E-state index < -0.39 is 11.8 Å². The first-order chi connectivity index (χ1) is 16.8. The van der Waals surface area contributed by atoms with E-state index in [1.807, 2.05) is 33.3 Å². The number of amides is 2. The van der Waals surface area contributed by atoms with E-state index >= 15 is 0 Å². The van der Waals surface area contributed by atoms with Crippen LogP contribution < -0.4 is 15.4 Å². The molecule has 0 saturated carbocycles. The van der Waals surface area contributed by atoms with Crippen LogP contribution in [0.1, 0.15) is 24.2 Å². The van der Waals surface area contributed by atoms with Crippen LogP contribution in [0.4, 0.5) is 20.6 Å². The van der Waals surface area contributed by atoms with Gasteiger partial charge in [-0.3, -0.25) is 4.98 Å². The number of anilines is 2. The average Bonchev–Trinajstić information content (AvgIpc) is 3.33. The van der Waals surface area contributed by atoms with Crippen molar-refractivity contribution in [3.8, 4) is 22.8 Å². The molecular formula is C27H28FN5O2. The van der Waals surface area contributed by atoms with Crippen LogP contribution in [0.5, 0.6) is 11.5 Å². The number of aromatic amines is 1. The topological polar surface area (TPSA) is 82.3 Å². The van der Waals surface area contributed by atoms with E-state index in [9.17, 15) is 9.18 Å². The van der Waals surface area contributed by atoms with Crippen LogP contribution in [0.25, 0.3) is 11.3 Å². The third kappa shape index (κ3) is 6.04. The standard InChI is InChI=1S/C27H28FN5O2/c1-17-5-10-23(28)26(13-17)32-27(34)31-20-6-8-21(9-7-20)35-22-11-12-29-25(15-22)19-14-24(30-16-19)18(2)33(3)4/h5-16,18,30H,1-4H3,(H2,31,32,34). The third-order valence-corrected chi connectivity index (χ3v) is 5.68. The Balaban J connectivity index is 1.39. The fraction of sp³-hybridized carbons (Fsp3) is 0.185. The lowest BCUT2D eigenvalue weighted by molar-refractivity contribution is 0.262. The van der Waals surface area contributed by atoms with Crippen LogP contribution in [0.3, 0.4) is 0 Å². The number of ether oxygens (including phenoxy) is 1. The predicted molar refractivity (Wildman–Crippen MR) is 136 cm³/mol. The molecule has 2 aromatic heterocycles. The lowest BCUT2D eigenvalue weighted by atomic mass is 10.1. The molecule has 0 aliphatic rings. The number of nitrogens with zero attached hydrogens (tertiary/aromatic N) is 2. The summed E-state index contributed by atoms with van der Waals surface area (Å²) >= 11 is 0. The highest BCUT2D eigenvalue weighted by atomic mass is 19.1. The van der Waals surface area contributed by atoms with Crippen LogP contribution in [0.2, 0.25) is 0 Å². The Morgan fingerprint density at radius 2 is 1.80 bits per heavy atom. The maximum Gasteiger partial charge on any atom is 0.323 e. The number of halogens is 1. The zero-order valence-corrected chi connectivity index (χ0v) is 20.1. The molecule has 0 spiro atoms. The molecule has 7 nitrogen and oxygen atoms in total. The highest BCUT2D eigenvalue weighted by Crippen LogP contribution is 2.28. The van der Waals surface area contributed by atoms with Gasteiger partial charge in [-0.25, -0.2) is 9.18 Å². The molecule has 4 rings (SSSR count). The van der Waals surface area contributed by atoms with Gasteiger partial charge in [0.1, 0.15) is 17.3 Å². The summed E-state index contributed by atoms with van der Waals surface area (Å²) in [5.41, 5.74) is 4.41. The quantitative estimate of drug-likeness (QED) is 0.283. The molecule has 180 valence electrons. The largest absolute Gasteiger partial charge is 0.457 e. The molecule has 1 unspecified atom stereocenters. The fourth-order valence-electron chi connectivity index (χ4n) is 3.47. The summed E-state index contributed by atoms with van der Waals surface area (Å²) < 4.78 is 19.8. The van der Waals surface area contributed by atoms with Gasteiger partial charge >= 0.3 is 6.03 Å². The fourth-order valence-corrected chi connectivity index (χ4v) is 3.47. The van der Waals surface area contributed by atoms with E-state index in [1.54, 1.807) is 48.7 Å². The van der Waals surface area contributed by atoms with E-state index in [2.05, 4.69) is 38.5 Å². The third-order valence-electron chi connectivity index (χ3n) is 5.68. The van der Waals surface area contributed by atoms with Gasteiger partial charge in [-0.05, 0) is 82.0 Å². The van der Waals surface area contributed by atoms with Crippen molar-refractivity contribution in [2.75, 3.05) is 24.7 Å². The van der Waals surface area contributed by atoms with Gasteiger partial charge in [0.2, 0.25) is 0 Å². The van der Waals surface area contributed by atoms with E-state index in [4.69, 9.17) is 4.74 Å². The molecule has 0 aliphatic carbocycles. The Bertz CT molecular complexity index is 1320. The van der Waals surface area contributed by atoms with E-state index in [0.29, 0.717) is 17.2 Å². The zero-order valence-electron chi connectivity index (χ0n) is 20.1. The average molecular weight is 474 g/mol. The van der Waals surface area contributed by atoms with Crippen molar-refractivity contribution in [1.29, 1.82) is 0 Å². The van der Waals surface area contributed by atoms with Crippen molar-refractivity contribution in [1.82, 2.24) is 14.9 Å². The summed E-state index contributed by atoms with van der Waals surface area (Å²) in [7, 11) is 4.07. The Kier molecular flexibility index (Phi) is 7.12. The van der Waals surface area contributed by atoms with Gasteiger partial charge in [0.25, 0.3) is 0 Å². The molecule has 2 heterocycles. The number of aryl methyl sites for hydroxylation is 1. The first-order valence-corrected chi connectivity index (χ1v) is 11.2. The Morgan fingerprint density at radius 3 is 2.54 bits per heavy atom. The molecule has 0 radical (unpaired) electrons. The Hall–Kier alpha value is -4.17. The number of carbonyl (C=O) groups is 1. The molecule has 8 heteroatoms. The number of pyridine rings is 1. The smallest absolute Gasteiger partial charge is 0.323 e. The minimum Gasteiger partial charge on any atom is -0.457 e. The van der Waals surface area contributed by atoms with Gasteiger partial charge in [0, 0.05) is 41.4 Å². The van der Waals surface area contributed by atoms with E-state index in [-0.39, 0.29) is 11.7 Å². The number of nitrogens with one attached hydrogen (secondary N) is 3. The van der Waals surface area contributed by atoms with Crippen LogP contribution in [-0.4, -0.2) is 35.0 Å². The van der Waals surface area contributed by atoms with E-state index in [1.165, 1.54) is 6.07 Å². The van der Waals surface area contributed by atoms with Crippen molar-refractivity contribution in [2.24, 2.45) is 0 Å². The Morgan fingerprint density at radius 1 is 1.03 bits per heavy atom. The summed E-state index contributed by atoms with van der Waals surface area (Å²) in [5, 5.41) is 5.21. The predicted octanol–water partition coefficient (Wildman–Crippen LogP) is 6.58. The van der Waals surface area contributed by atoms with Crippen LogP contribution >= 0.6 is 0 Å². The number of aromatic nitrogens is 2. The molecule has 0 bridgehead atoms. The SMILES string of the molecule is Cc1ccc(F)c(NC(=O)Nc2ccc(Oc3ccnc(-c4c[nH]c(C(C)N(C)C)c4)c3)cc2)c1. The summed E-state index contributed by atoms with van der Waals surface area (Å²) in [6.45, 7) is 3.96. The summed E-state index contributed by atoms with van der Waals surface area (Å²) in [4.78, 5) is 22.2. The summed E-state index contributed by atoms with van der Waals surface area (Å²) in [5.74, 6) is 0.759. The molecule has 0 saturated heterocycles. The van der Waals surface area contributed by atoms with Crippen LogP contribution in [0.15, 0.2) is 73.1 Å². The van der Waals surface area contributed by atoms with Crippen molar-refractivity contribution in [3.63, 3.8) is 0 Å². The molecule has 2 amide bonds. The first kappa shape index (κ1) is 24.0. The van der Waals surface area contributed by atoms with Gasteiger partial charge in [0.05, 0.1) is 11.4 Å². The zero-order chi connectivity index (χ0) is 24.9.